The van der Waals surface area contributed by atoms with Crippen LogP contribution in [0.3, 0.4) is 0 Å². The summed E-state index contributed by atoms with van der Waals surface area (Å²) >= 11 is 1.59. The second-order valence-corrected chi connectivity index (χ2v) is 9.44. The summed E-state index contributed by atoms with van der Waals surface area (Å²) in [5, 5.41) is 0.797. The van der Waals surface area contributed by atoms with Crippen molar-refractivity contribution in [3.63, 3.8) is 0 Å². The van der Waals surface area contributed by atoms with Crippen LogP contribution in [0.4, 0.5) is 0 Å². The molecule has 0 aliphatic carbocycles. The van der Waals surface area contributed by atoms with Crippen molar-refractivity contribution in [3.05, 3.63) is 53.2 Å². The Hall–Kier alpha value is -1.89. The maximum atomic E-state index is 13.3. The van der Waals surface area contributed by atoms with Crippen LogP contribution in [0.15, 0.2) is 46.5 Å². The molecule has 0 saturated carbocycles. The van der Waals surface area contributed by atoms with Crippen molar-refractivity contribution >= 4 is 17.7 Å². The van der Waals surface area contributed by atoms with Gasteiger partial charge in [-0.25, -0.2) is 4.98 Å². The van der Waals surface area contributed by atoms with Crippen molar-refractivity contribution < 1.29 is 4.79 Å². The lowest BCUT2D eigenvalue weighted by atomic mass is 10.2. The number of likely N-dealkylation sites (tertiary alicyclic amines) is 1. The van der Waals surface area contributed by atoms with Crippen LogP contribution in [0.5, 0.6) is 0 Å². The molecule has 0 N–H and O–H groups in total. The van der Waals surface area contributed by atoms with Gasteiger partial charge in [-0.2, -0.15) is 0 Å². The van der Waals surface area contributed by atoms with Crippen LogP contribution in [0.2, 0.25) is 0 Å². The lowest BCUT2D eigenvalue weighted by molar-refractivity contribution is 0.0622. The zero-order valence-corrected chi connectivity index (χ0v) is 19.0. The molecule has 1 amide bonds. The average molecular weight is 425 g/mol. The van der Waals surface area contributed by atoms with Crippen molar-refractivity contribution in [1.82, 2.24) is 19.7 Å². The fraction of sp³-hybridized carbons (Fsp3) is 0.500. The van der Waals surface area contributed by atoms with Gasteiger partial charge in [-0.05, 0) is 63.5 Å². The van der Waals surface area contributed by atoms with E-state index < -0.39 is 0 Å². The van der Waals surface area contributed by atoms with E-state index in [1.807, 2.05) is 17.0 Å². The van der Waals surface area contributed by atoms with E-state index in [-0.39, 0.29) is 5.91 Å². The fourth-order valence-electron chi connectivity index (χ4n) is 4.29. The number of aromatic nitrogens is 1. The van der Waals surface area contributed by atoms with Gasteiger partial charge in [0.05, 0.1) is 5.56 Å². The molecular formula is C24H32N4OS. The molecule has 30 heavy (non-hydrogen) atoms. The average Bonchev–Trinajstić information content (AvgIpc) is 3.28. The number of pyridine rings is 1. The number of piperazine rings is 1. The lowest BCUT2D eigenvalue weighted by Crippen LogP contribution is -2.50. The molecule has 2 fully saturated rings. The summed E-state index contributed by atoms with van der Waals surface area (Å²) in [6, 6.07) is 10.2. The van der Waals surface area contributed by atoms with Gasteiger partial charge in [0, 0.05) is 50.4 Å². The summed E-state index contributed by atoms with van der Waals surface area (Å²) in [6.45, 7) is 12.5. The van der Waals surface area contributed by atoms with Gasteiger partial charge in [-0.3, -0.25) is 9.69 Å². The molecule has 2 aromatic rings. The SMILES string of the molecule is Cc1ccc(Sc2ncccc2C(=O)N2CCN(CCN3CCCC3)CC2)c(C)c1. The minimum Gasteiger partial charge on any atom is -0.336 e. The van der Waals surface area contributed by atoms with Crippen molar-refractivity contribution in [2.45, 2.75) is 36.6 Å². The highest BCUT2D eigenvalue weighted by Crippen LogP contribution is 2.32. The molecule has 0 unspecified atom stereocenters. The predicted octanol–water partition coefficient (Wildman–Crippen LogP) is 3.70. The van der Waals surface area contributed by atoms with Crippen LogP contribution in [0.25, 0.3) is 0 Å². The van der Waals surface area contributed by atoms with E-state index in [1.165, 1.54) is 37.1 Å². The summed E-state index contributed by atoms with van der Waals surface area (Å²) in [6.07, 6.45) is 4.46. The van der Waals surface area contributed by atoms with Gasteiger partial charge in [0.25, 0.3) is 5.91 Å². The highest BCUT2D eigenvalue weighted by molar-refractivity contribution is 7.99. The number of aryl methyl sites for hydroxylation is 2. The number of nitrogens with zero attached hydrogens (tertiary/aromatic N) is 4. The summed E-state index contributed by atoms with van der Waals surface area (Å²) in [7, 11) is 0. The van der Waals surface area contributed by atoms with Crippen LogP contribution in [-0.4, -0.2) is 77.9 Å². The number of benzene rings is 1. The summed E-state index contributed by atoms with van der Waals surface area (Å²) in [4.78, 5) is 26.0. The third-order valence-corrected chi connectivity index (χ3v) is 7.33. The number of hydrogen-bond donors (Lipinski definition) is 0. The van der Waals surface area contributed by atoms with E-state index in [0.717, 1.165) is 49.2 Å². The van der Waals surface area contributed by atoms with E-state index in [1.54, 1.807) is 18.0 Å². The first kappa shape index (κ1) is 21.3. The number of amides is 1. The van der Waals surface area contributed by atoms with Gasteiger partial charge >= 0.3 is 0 Å². The highest BCUT2D eigenvalue weighted by atomic mass is 32.2. The van der Waals surface area contributed by atoms with Crippen molar-refractivity contribution in [2.24, 2.45) is 0 Å². The first-order valence-corrected chi connectivity index (χ1v) is 11.9. The Bertz CT molecular complexity index is 873. The molecule has 0 atom stereocenters. The molecule has 4 rings (SSSR count). The Balaban J connectivity index is 1.37. The molecule has 160 valence electrons. The van der Waals surface area contributed by atoms with Crippen LogP contribution < -0.4 is 0 Å². The number of carbonyl (C=O) groups is 1. The van der Waals surface area contributed by atoms with Gasteiger partial charge in [0.1, 0.15) is 5.03 Å². The monoisotopic (exact) mass is 424 g/mol. The van der Waals surface area contributed by atoms with E-state index in [9.17, 15) is 4.79 Å². The largest absolute Gasteiger partial charge is 0.336 e. The minimum absolute atomic E-state index is 0.106. The smallest absolute Gasteiger partial charge is 0.256 e. The molecule has 6 heteroatoms. The van der Waals surface area contributed by atoms with Crippen LogP contribution in [-0.2, 0) is 0 Å². The zero-order valence-electron chi connectivity index (χ0n) is 18.1. The van der Waals surface area contributed by atoms with E-state index >= 15 is 0 Å². The number of rotatable bonds is 6. The van der Waals surface area contributed by atoms with Crippen LogP contribution in [0.1, 0.15) is 34.3 Å². The van der Waals surface area contributed by atoms with Crippen molar-refractivity contribution in [3.8, 4) is 0 Å². The van der Waals surface area contributed by atoms with E-state index in [4.69, 9.17) is 0 Å². The second-order valence-electron chi connectivity index (χ2n) is 8.41. The molecule has 2 aliphatic rings. The van der Waals surface area contributed by atoms with Crippen molar-refractivity contribution in [1.29, 1.82) is 0 Å². The molecule has 0 spiro atoms. The molecule has 2 aliphatic heterocycles. The summed E-state index contributed by atoms with van der Waals surface area (Å²) < 4.78 is 0. The Morgan fingerprint density at radius 3 is 2.37 bits per heavy atom. The Morgan fingerprint density at radius 2 is 1.67 bits per heavy atom. The van der Waals surface area contributed by atoms with Gasteiger partial charge < -0.3 is 9.80 Å². The normalized spacial score (nSPS) is 18.1. The Morgan fingerprint density at radius 1 is 0.967 bits per heavy atom. The summed E-state index contributed by atoms with van der Waals surface area (Å²) in [5.74, 6) is 0.106. The second kappa shape index (κ2) is 9.94. The molecular weight excluding hydrogens is 392 g/mol. The maximum absolute atomic E-state index is 13.3. The molecule has 0 bridgehead atoms. The Labute approximate surface area is 184 Å². The molecule has 1 aromatic heterocycles. The molecule has 3 heterocycles. The number of hydrogen-bond acceptors (Lipinski definition) is 5. The van der Waals surface area contributed by atoms with Crippen LogP contribution in [0, 0.1) is 13.8 Å². The minimum atomic E-state index is 0.106. The third-order valence-electron chi connectivity index (χ3n) is 6.13. The molecule has 0 radical (unpaired) electrons. The molecule has 2 saturated heterocycles. The zero-order chi connectivity index (χ0) is 20.9. The standard InChI is InChI=1S/C24H32N4OS/c1-19-7-8-22(20(2)18-19)30-23-21(6-5-9-25-23)24(29)28-16-14-27(15-17-28)13-12-26-10-3-4-11-26/h5-9,18H,3-4,10-17H2,1-2H3. The van der Waals surface area contributed by atoms with Crippen molar-refractivity contribution in [2.75, 3.05) is 52.4 Å². The highest BCUT2D eigenvalue weighted by Gasteiger charge is 2.25. The quantitative estimate of drug-likeness (QED) is 0.707. The number of carbonyl (C=O) groups excluding carboxylic acids is 1. The van der Waals surface area contributed by atoms with Gasteiger partial charge in [-0.1, -0.05) is 29.5 Å². The predicted molar refractivity (Wildman–Crippen MR) is 122 cm³/mol. The molecule has 5 nitrogen and oxygen atoms in total. The molecule has 1 aromatic carbocycles. The maximum Gasteiger partial charge on any atom is 0.256 e. The van der Waals surface area contributed by atoms with Gasteiger partial charge in [-0.15, -0.1) is 0 Å². The van der Waals surface area contributed by atoms with Gasteiger partial charge in [0.2, 0.25) is 0 Å². The van der Waals surface area contributed by atoms with Gasteiger partial charge in [0.15, 0.2) is 0 Å². The van der Waals surface area contributed by atoms with E-state index in [0.29, 0.717) is 5.56 Å². The third kappa shape index (κ3) is 5.23. The van der Waals surface area contributed by atoms with E-state index in [2.05, 4.69) is 46.8 Å². The summed E-state index contributed by atoms with van der Waals surface area (Å²) in [5.41, 5.74) is 3.18. The fourth-order valence-corrected chi connectivity index (χ4v) is 5.23. The first-order valence-electron chi connectivity index (χ1n) is 11.0. The topological polar surface area (TPSA) is 39.7 Å². The first-order chi connectivity index (χ1) is 14.6. The Kier molecular flexibility index (Phi) is 7.08. The van der Waals surface area contributed by atoms with Crippen LogP contribution >= 0.6 is 11.8 Å². The lowest BCUT2D eigenvalue weighted by Gasteiger charge is -2.35.